The number of hydrogen-bond donors (Lipinski definition) is 2. The zero-order valence-corrected chi connectivity index (χ0v) is 26.8. The number of nitrogens with two attached hydrogens (primary N) is 1. The van der Waals surface area contributed by atoms with Gasteiger partial charge in [-0.15, -0.1) is 0 Å². The molecule has 220 valence electrons. The molecule has 0 saturated heterocycles. The van der Waals surface area contributed by atoms with E-state index in [1.54, 1.807) is 44.9 Å². The van der Waals surface area contributed by atoms with Crippen molar-refractivity contribution >= 4 is 0 Å². The zero-order valence-electron chi connectivity index (χ0n) is 26.8. The molecule has 0 aromatic rings. The summed E-state index contributed by atoms with van der Waals surface area (Å²) in [6.45, 7) is 21.9. The van der Waals surface area contributed by atoms with E-state index in [1.807, 2.05) is 13.8 Å². The van der Waals surface area contributed by atoms with Gasteiger partial charge in [-0.25, -0.2) is 0 Å². The lowest BCUT2D eigenvalue weighted by atomic mass is 9.43. The highest BCUT2D eigenvalue weighted by atomic mass is 14.9. The Labute approximate surface area is 234 Å². The van der Waals surface area contributed by atoms with E-state index in [0.717, 1.165) is 61.1 Å². The fourth-order valence-corrected chi connectivity index (χ4v) is 9.72. The van der Waals surface area contributed by atoms with Crippen LogP contribution >= 0.6 is 0 Å². The SMILES string of the molecule is CC.CC(C)CCCCC1CCC2C3C(C)CC4CCCCC4(C)C3CCC12C.CCCCNCCN. The second-order valence-electron chi connectivity index (χ2n) is 14.3. The van der Waals surface area contributed by atoms with Crippen LogP contribution in [-0.4, -0.2) is 19.6 Å². The van der Waals surface area contributed by atoms with Gasteiger partial charge in [-0.05, 0) is 117 Å². The number of hydrogen-bond acceptors (Lipinski definition) is 2. The van der Waals surface area contributed by atoms with Crippen molar-refractivity contribution in [3.05, 3.63) is 0 Å². The Kier molecular flexibility index (Phi) is 14.5. The first-order valence-electron chi connectivity index (χ1n) is 17.2. The Morgan fingerprint density at radius 3 is 2.27 bits per heavy atom. The van der Waals surface area contributed by atoms with Gasteiger partial charge in [-0.3, -0.25) is 0 Å². The van der Waals surface area contributed by atoms with E-state index in [0.29, 0.717) is 10.8 Å². The van der Waals surface area contributed by atoms with E-state index < -0.39 is 0 Å². The van der Waals surface area contributed by atoms with Gasteiger partial charge in [0.1, 0.15) is 0 Å². The molecule has 2 heteroatoms. The molecule has 0 radical (unpaired) electrons. The van der Waals surface area contributed by atoms with E-state index in [4.69, 9.17) is 5.73 Å². The molecule has 0 heterocycles. The molecule has 4 aliphatic carbocycles. The van der Waals surface area contributed by atoms with Crippen molar-refractivity contribution < 1.29 is 0 Å². The molecule has 0 amide bonds. The number of nitrogens with one attached hydrogen (secondary N) is 1. The third-order valence-electron chi connectivity index (χ3n) is 11.8. The van der Waals surface area contributed by atoms with Crippen LogP contribution in [0.25, 0.3) is 0 Å². The lowest BCUT2D eigenvalue weighted by molar-refractivity contribution is -0.134. The second-order valence-corrected chi connectivity index (χ2v) is 14.3. The fourth-order valence-electron chi connectivity index (χ4n) is 9.72. The minimum absolute atomic E-state index is 0.686. The van der Waals surface area contributed by atoms with Crippen LogP contribution in [0, 0.1) is 52.3 Å². The smallest absolute Gasteiger partial charge is 0.00745 e. The van der Waals surface area contributed by atoms with Crippen LogP contribution in [0.3, 0.4) is 0 Å². The largest absolute Gasteiger partial charge is 0.329 e. The maximum atomic E-state index is 5.25. The molecule has 0 aliphatic heterocycles. The standard InChI is InChI=1S/C27H48.C6H16N2.C2H6/c1-19(2)10-6-7-11-21-13-14-23-25-20(3)18-22-12-8-9-16-26(22,4)24(25)15-17-27(21,23)5;1-2-3-5-8-6-4-7;1-2/h19-25H,6-18H2,1-5H3;8H,2-7H2,1H3;1-2H3. The Morgan fingerprint density at radius 1 is 0.865 bits per heavy atom. The second kappa shape index (κ2) is 16.2. The van der Waals surface area contributed by atoms with Crippen molar-refractivity contribution in [1.29, 1.82) is 0 Å². The molecule has 0 spiro atoms. The van der Waals surface area contributed by atoms with Crippen LogP contribution in [0.15, 0.2) is 0 Å². The molecule has 37 heavy (non-hydrogen) atoms. The Morgan fingerprint density at radius 2 is 1.59 bits per heavy atom. The molecule has 8 unspecified atom stereocenters. The summed E-state index contributed by atoms with van der Waals surface area (Å²) in [4.78, 5) is 0. The van der Waals surface area contributed by atoms with Crippen molar-refractivity contribution in [3.8, 4) is 0 Å². The van der Waals surface area contributed by atoms with Crippen molar-refractivity contribution in [2.45, 2.75) is 152 Å². The van der Waals surface area contributed by atoms with E-state index in [2.05, 4.69) is 46.9 Å². The van der Waals surface area contributed by atoms with Crippen LogP contribution < -0.4 is 11.1 Å². The van der Waals surface area contributed by atoms with Crippen LogP contribution in [0.5, 0.6) is 0 Å². The van der Waals surface area contributed by atoms with E-state index in [1.165, 1.54) is 51.4 Å². The van der Waals surface area contributed by atoms with Gasteiger partial charge in [-0.1, -0.05) is 93.9 Å². The minimum Gasteiger partial charge on any atom is -0.329 e. The number of unbranched alkanes of at least 4 members (excludes halogenated alkanes) is 2. The molecule has 2 nitrogen and oxygen atoms in total. The van der Waals surface area contributed by atoms with Gasteiger partial charge in [-0.2, -0.15) is 0 Å². The topological polar surface area (TPSA) is 38.0 Å². The first-order valence-corrected chi connectivity index (χ1v) is 17.2. The summed E-state index contributed by atoms with van der Waals surface area (Å²) in [5.41, 5.74) is 6.63. The summed E-state index contributed by atoms with van der Waals surface area (Å²) in [6, 6.07) is 0. The van der Waals surface area contributed by atoms with E-state index in [9.17, 15) is 0 Å². The lowest BCUT2D eigenvalue weighted by Gasteiger charge is -2.62. The van der Waals surface area contributed by atoms with Crippen molar-refractivity contribution in [2.75, 3.05) is 19.6 Å². The maximum absolute atomic E-state index is 5.25. The lowest BCUT2D eigenvalue weighted by Crippen LogP contribution is -2.55. The average molecular weight is 519 g/mol. The highest BCUT2D eigenvalue weighted by molar-refractivity contribution is 5.10. The quantitative estimate of drug-likeness (QED) is 0.282. The average Bonchev–Trinajstić information content (AvgIpc) is 3.22. The molecule has 3 N–H and O–H groups in total. The molecule has 0 aromatic carbocycles. The summed E-state index contributed by atoms with van der Waals surface area (Å²) < 4.78 is 0. The Balaban J connectivity index is 0.000000414. The first kappa shape index (κ1) is 33.1. The highest BCUT2D eigenvalue weighted by Crippen LogP contribution is 2.69. The number of rotatable bonds is 10. The molecule has 4 aliphatic rings. The summed E-state index contributed by atoms with van der Waals surface area (Å²) in [5.74, 6) is 7.16. The molecule has 4 rings (SSSR count). The molecule has 4 fully saturated rings. The monoisotopic (exact) mass is 519 g/mol. The van der Waals surface area contributed by atoms with Gasteiger partial charge >= 0.3 is 0 Å². The molecule has 4 saturated carbocycles. The third kappa shape index (κ3) is 8.22. The summed E-state index contributed by atoms with van der Waals surface area (Å²) in [7, 11) is 0. The molecule has 0 aromatic heterocycles. The van der Waals surface area contributed by atoms with Crippen LogP contribution in [-0.2, 0) is 0 Å². The van der Waals surface area contributed by atoms with Gasteiger partial charge in [0.25, 0.3) is 0 Å². The van der Waals surface area contributed by atoms with Crippen LogP contribution in [0.2, 0.25) is 0 Å². The van der Waals surface area contributed by atoms with Crippen LogP contribution in [0.4, 0.5) is 0 Å². The predicted octanol–water partition coefficient (Wildman–Crippen LogP) is 9.86. The summed E-state index contributed by atoms with van der Waals surface area (Å²) in [5, 5.41) is 3.21. The summed E-state index contributed by atoms with van der Waals surface area (Å²) >= 11 is 0. The predicted molar refractivity (Wildman–Crippen MR) is 166 cm³/mol. The summed E-state index contributed by atoms with van der Waals surface area (Å²) in [6.07, 6.45) is 22.4. The van der Waals surface area contributed by atoms with Crippen molar-refractivity contribution in [3.63, 3.8) is 0 Å². The molecular formula is C35H70N2. The van der Waals surface area contributed by atoms with Crippen molar-refractivity contribution in [1.82, 2.24) is 5.32 Å². The van der Waals surface area contributed by atoms with Crippen LogP contribution in [0.1, 0.15) is 152 Å². The van der Waals surface area contributed by atoms with Gasteiger partial charge < -0.3 is 11.1 Å². The maximum Gasteiger partial charge on any atom is 0.00745 e. The van der Waals surface area contributed by atoms with Gasteiger partial charge in [0.05, 0.1) is 0 Å². The van der Waals surface area contributed by atoms with Crippen molar-refractivity contribution in [2.24, 2.45) is 58.0 Å². The minimum atomic E-state index is 0.686. The zero-order chi connectivity index (χ0) is 27.5. The number of fused-ring (bicyclic) bond motifs is 5. The van der Waals surface area contributed by atoms with E-state index in [-0.39, 0.29) is 0 Å². The van der Waals surface area contributed by atoms with Gasteiger partial charge in [0, 0.05) is 13.1 Å². The Hall–Kier alpha value is -0.0800. The van der Waals surface area contributed by atoms with Gasteiger partial charge in [0.2, 0.25) is 0 Å². The third-order valence-corrected chi connectivity index (χ3v) is 11.8. The normalized spacial score (nSPS) is 38.4. The highest BCUT2D eigenvalue weighted by Gasteiger charge is 2.60. The fraction of sp³-hybridized carbons (Fsp3) is 1.00. The molecule has 8 atom stereocenters. The molecular weight excluding hydrogens is 448 g/mol. The molecule has 0 bridgehead atoms. The van der Waals surface area contributed by atoms with Gasteiger partial charge in [0.15, 0.2) is 0 Å². The first-order chi connectivity index (χ1) is 17.8. The van der Waals surface area contributed by atoms with E-state index >= 15 is 0 Å². The Bertz CT molecular complexity index is 596.